The van der Waals surface area contributed by atoms with Crippen LogP contribution < -0.4 is 0 Å². The Morgan fingerprint density at radius 3 is 2.69 bits per heavy atom. The molecule has 0 atom stereocenters. The van der Waals surface area contributed by atoms with Gasteiger partial charge in [0.15, 0.2) is 5.78 Å². The molecule has 0 saturated carbocycles. The van der Waals surface area contributed by atoms with Gasteiger partial charge in [-0.2, -0.15) is 0 Å². The number of aryl methyl sites for hydroxylation is 2. The maximum Gasteiger partial charge on any atom is 0.161 e. The fourth-order valence-corrected chi connectivity index (χ4v) is 2.31. The average molecular weight is 177 g/mol. The Morgan fingerprint density at radius 2 is 2.00 bits per heavy atom. The first kappa shape index (κ1) is 8.54. The minimum absolute atomic E-state index is 0.205. The standard InChI is InChI=1S/C11H15NO/c1-7-11(8(2)13)9-5-3-4-6-10(9)12-7/h12H,3-6H2,1-2H3. The first-order valence-electron chi connectivity index (χ1n) is 4.91. The Labute approximate surface area is 78.4 Å². The van der Waals surface area contributed by atoms with Crippen LogP contribution in [-0.4, -0.2) is 10.8 Å². The lowest BCUT2D eigenvalue weighted by Crippen LogP contribution is -2.04. The van der Waals surface area contributed by atoms with E-state index in [2.05, 4.69) is 4.98 Å². The molecule has 1 aliphatic rings. The van der Waals surface area contributed by atoms with Crippen LogP contribution in [0.15, 0.2) is 0 Å². The molecule has 13 heavy (non-hydrogen) atoms. The Hall–Kier alpha value is -1.05. The van der Waals surface area contributed by atoms with Crippen molar-refractivity contribution in [3.05, 3.63) is 22.5 Å². The second kappa shape index (κ2) is 3.02. The van der Waals surface area contributed by atoms with E-state index < -0.39 is 0 Å². The summed E-state index contributed by atoms with van der Waals surface area (Å²) in [6.07, 6.45) is 4.67. The molecule has 2 heteroatoms. The third-order valence-corrected chi connectivity index (χ3v) is 2.84. The Bertz CT molecular complexity index is 349. The highest BCUT2D eigenvalue weighted by Gasteiger charge is 2.20. The summed E-state index contributed by atoms with van der Waals surface area (Å²) in [7, 11) is 0. The smallest absolute Gasteiger partial charge is 0.161 e. The second-order valence-corrected chi connectivity index (χ2v) is 3.85. The van der Waals surface area contributed by atoms with Crippen molar-refractivity contribution >= 4 is 5.78 Å². The highest BCUT2D eigenvalue weighted by molar-refractivity contribution is 5.97. The minimum Gasteiger partial charge on any atom is -0.362 e. The van der Waals surface area contributed by atoms with Crippen LogP contribution in [0.5, 0.6) is 0 Å². The quantitative estimate of drug-likeness (QED) is 0.656. The van der Waals surface area contributed by atoms with Crippen molar-refractivity contribution in [1.29, 1.82) is 0 Å². The van der Waals surface area contributed by atoms with Gasteiger partial charge in [-0.1, -0.05) is 0 Å². The van der Waals surface area contributed by atoms with E-state index in [1.807, 2.05) is 6.92 Å². The zero-order valence-electron chi connectivity index (χ0n) is 8.24. The van der Waals surface area contributed by atoms with Gasteiger partial charge in [0.25, 0.3) is 0 Å². The van der Waals surface area contributed by atoms with Gasteiger partial charge in [0.05, 0.1) is 0 Å². The lowest BCUT2D eigenvalue weighted by molar-refractivity contribution is 0.101. The van der Waals surface area contributed by atoms with E-state index in [4.69, 9.17) is 0 Å². The minimum atomic E-state index is 0.205. The average Bonchev–Trinajstić information content (AvgIpc) is 2.39. The van der Waals surface area contributed by atoms with E-state index in [1.165, 1.54) is 24.1 Å². The van der Waals surface area contributed by atoms with Crippen LogP contribution in [0, 0.1) is 6.92 Å². The molecule has 0 aliphatic heterocycles. The first-order chi connectivity index (χ1) is 6.20. The summed E-state index contributed by atoms with van der Waals surface area (Å²) in [5.41, 5.74) is 4.60. The Kier molecular flexibility index (Phi) is 1.98. The second-order valence-electron chi connectivity index (χ2n) is 3.85. The number of carbonyl (C=O) groups is 1. The van der Waals surface area contributed by atoms with Crippen molar-refractivity contribution in [2.75, 3.05) is 0 Å². The van der Waals surface area contributed by atoms with Crippen molar-refractivity contribution in [3.63, 3.8) is 0 Å². The molecule has 2 nitrogen and oxygen atoms in total. The maximum absolute atomic E-state index is 11.4. The zero-order chi connectivity index (χ0) is 9.42. The number of hydrogen-bond donors (Lipinski definition) is 1. The monoisotopic (exact) mass is 177 g/mol. The van der Waals surface area contributed by atoms with Gasteiger partial charge < -0.3 is 4.98 Å². The van der Waals surface area contributed by atoms with E-state index in [1.54, 1.807) is 6.92 Å². The molecular formula is C11H15NO. The van der Waals surface area contributed by atoms with E-state index in [0.29, 0.717) is 0 Å². The summed E-state index contributed by atoms with van der Waals surface area (Å²) in [4.78, 5) is 14.7. The fraction of sp³-hybridized carbons (Fsp3) is 0.545. The molecule has 0 bridgehead atoms. The van der Waals surface area contributed by atoms with Crippen molar-refractivity contribution in [2.45, 2.75) is 39.5 Å². The molecule has 0 aromatic carbocycles. The molecule has 1 N–H and O–H groups in total. The molecule has 70 valence electrons. The largest absolute Gasteiger partial charge is 0.362 e. The number of H-pyrrole nitrogens is 1. The molecule has 2 rings (SSSR count). The number of aromatic amines is 1. The molecule has 0 fully saturated rings. The lowest BCUT2D eigenvalue weighted by Gasteiger charge is -2.11. The summed E-state index contributed by atoms with van der Waals surface area (Å²) >= 11 is 0. The van der Waals surface area contributed by atoms with E-state index in [9.17, 15) is 4.79 Å². The summed E-state index contributed by atoms with van der Waals surface area (Å²) in [5, 5.41) is 0. The SMILES string of the molecule is CC(=O)c1c(C)[nH]c2c1CCCC2. The summed E-state index contributed by atoms with van der Waals surface area (Å²) in [6.45, 7) is 3.65. The maximum atomic E-state index is 11.4. The summed E-state index contributed by atoms with van der Waals surface area (Å²) in [6, 6.07) is 0. The van der Waals surface area contributed by atoms with Gasteiger partial charge in [0, 0.05) is 17.0 Å². The predicted molar refractivity (Wildman–Crippen MR) is 52.2 cm³/mol. The molecule has 1 heterocycles. The molecule has 0 unspecified atom stereocenters. The topological polar surface area (TPSA) is 32.9 Å². The highest BCUT2D eigenvalue weighted by atomic mass is 16.1. The van der Waals surface area contributed by atoms with Crippen molar-refractivity contribution in [2.24, 2.45) is 0 Å². The third-order valence-electron chi connectivity index (χ3n) is 2.84. The van der Waals surface area contributed by atoms with E-state index in [-0.39, 0.29) is 5.78 Å². The number of hydrogen-bond acceptors (Lipinski definition) is 1. The van der Waals surface area contributed by atoms with Crippen LogP contribution in [0.3, 0.4) is 0 Å². The van der Waals surface area contributed by atoms with E-state index >= 15 is 0 Å². The molecule has 0 amide bonds. The van der Waals surface area contributed by atoms with Crippen molar-refractivity contribution in [1.82, 2.24) is 4.98 Å². The van der Waals surface area contributed by atoms with Gasteiger partial charge in [0.1, 0.15) is 0 Å². The molecule has 0 saturated heterocycles. The number of Topliss-reactive ketones (excluding diaryl/α,β-unsaturated/α-hetero) is 1. The van der Waals surface area contributed by atoms with Crippen molar-refractivity contribution < 1.29 is 4.79 Å². The number of fused-ring (bicyclic) bond motifs is 1. The number of rotatable bonds is 1. The molecule has 0 radical (unpaired) electrons. The van der Waals surface area contributed by atoms with Gasteiger partial charge in [-0.3, -0.25) is 4.79 Å². The van der Waals surface area contributed by atoms with Crippen LogP contribution in [0.4, 0.5) is 0 Å². The normalized spacial score (nSPS) is 15.5. The number of nitrogens with one attached hydrogen (secondary N) is 1. The number of carbonyl (C=O) groups excluding carboxylic acids is 1. The highest BCUT2D eigenvalue weighted by Crippen LogP contribution is 2.26. The molecule has 1 aliphatic carbocycles. The van der Waals surface area contributed by atoms with Crippen LogP contribution in [0.2, 0.25) is 0 Å². The van der Waals surface area contributed by atoms with Crippen LogP contribution in [0.25, 0.3) is 0 Å². The summed E-state index contributed by atoms with van der Waals surface area (Å²) in [5.74, 6) is 0.205. The molecule has 0 spiro atoms. The van der Waals surface area contributed by atoms with Gasteiger partial charge in [0.2, 0.25) is 0 Å². The van der Waals surface area contributed by atoms with Crippen LogP contribution in [0.1, 0.15) is 47.1 Å². The Balaban J connectivity index is 2.54. The third kappa shape index (κ3) is 1.30. The number of aromatic nitrogens is 1. The van der Waals surface area contributed by atoms with Crippen LogP contribution >= 0.6 is 0 Å². The number of ketones is 1. The Morgan fingerprint density at radius 1 is 1.31 bits per heavy atom. The predicted octanol–water partition coefficient (Wildman–Crippen LogP) is 2.40. The van der Waals surface area contributed by atoms with Crippen molar-refractivity contribution in [3.8, 4) is 0 Å². The van der Waals surface area contributed by atoms with Crippen LogP contribution in [-0.2, 0) is 12.8 Å². The van der Waals surface area contributed by atoms with Gasteiger partial charge in [-0.15, -0.1) is 0 Å². The zero-order valence-corrected chi connectivity index (χ0v) is 8.24. The van der Waals surface area contributed by atoms with Gasteiger partial charge >= 0.3 is 0 Å². The van der Waals surface area contributed by atoms with E-state index in [0.717, 1.165) is 24.1 Å². The molecule has 1 aromatic rings. The first-order valence-corrected chi connectivity index (χ1v) is 4.91. The fourth-order valence-electron chi connectivity index (χ4n) is 2.31. The molecular weight excluding hydrogens is 162 g/mol. The lowest BCUT2D eigenvalue weighted by atomic mass is 9.93. The molecule has 1 aromatic heterocycles. The summed E-state index contributed by atoms with van der Waals surface area (Å²) < 4.78 is 0. The van der Waals surface area contributed by atoms with Gasteiger partial charge in [-0.05, 0) is 45.1 Å². The van der Waals surface area contributed by atoms with Gasteiger partial charge in [-0.25, -0.2) is 0 Å².